The van der Waals surface area contributed by atoms with Gasteiger partial charge in [-0.2, -0.15) is 0 Å². The van der Waals surface area contributed by atoms with Crippen LogP contribution in [-0.4, -0.2) is 115 Å². The number of rotatable bonds is 6. The summed E-state index contributed by atoms with van der Waals surface area (Å²) in [5.41, 5.74) is 0. The SMILES string of the molecule is OCC(O)C1OC(OC(CO)C2OC(O)C(O)C2O)C(O)C1O. The average molecular weight is 342 g/mol. The Balaban J connectivity index is 2.02. The Hall–Kier alpha value is -0.440. The van der Waals surface area contributed by atoms with Crippen molar-refractivity contribution in [2.75, 3.05) is 13.2 Å². The van der Waals surface area contributed by atoms with Gasteiger partial charge in [-0.1, -0.05) is 0 Å². The van der Waals surface area contributed by atoms with Crippen LogP contribution in [0.15, 0.2) is 0 Å². The molecule has 0 spiro atoms. The van der Waals surface area contributed by atoms with Gasteiger partial charge in [0.25, 0.3) is 0 Å². The van der Waals surface area contributed by atoms with Crippen molar-refractivity contribution in [2.24, 2.45) is 0 Å². The standard InChI is InChI=1S/C12H22O11/c13-1-3(15)9-6(17)8(19)12(23-9)21-4(2-14)10-5(16)7(18)11(20)22-10/h3-20H,1-2H2. The molecule has 10 unspecified atom stereocenters. The molecule has 2 fully saturated rings. The van der Waals surface area contributed by atoms with Crippen molar-refractivity contribution in [3.63, 3.8) is 0 Å². The van der Waals surface area contributed by atoms with Crippen LogP contribution in [0.5, 0.6) is 0 Å². The van der Waals surface area contributed by atoms with Gasteiger partial charge >= 0.3 is 0 Å². The number of hydrogen-bond acceptors (Lipinski definition) is 11. The van der Waals surface area contributed by atoms with Crippen molar-refractivity contribution in [2.45, 2.75) is 61.4 Å². The van der Waals surface area contributed by atoms with E-state index in [4.69, 9.17) is 19.3 Å². The number of aliphatic hydroxyl groups is 8. The van der Waals surface area contributed by atoms with Crippen molar-refractivity contribution in [1.82, 2.24) is 0 Å². The summed E-state index contributed by atoms with van der Waals surface area (Å²) in [5.74, 6) is 0. The van der Waals surface area contributed by atoms with Gasteiger partial charge in [-0.15, -0.1) is 0 Å². The van der Waals surface area contributed by atoms with Gasteiger partial charge in [0.2, 0.25) is 0 Å². The van der Waals surface area contributed by atoms with Gasteiger partial charge in [-0.25, -0.2) is 0 Å². The van der Waals surface area contributed by atoms with E-state index in [9.17, 15) is 35.7 Å². The molecule has 11 nitrogen and oxygen atoms in total. The number of aliphatic hydroxyl groups excluding tert-OH is 8. The minimum Gasteiger partial charge on any atom is -0.394 e. The van der Waals surface area contributed by atoms with Crippen molar-refractivity contribution in [1.29, 1.82) is 0 Å². The normalized spacial score (nSPS) is 47.0. The second-order valence-electron chi connectivity index (χ2n) is 5.53. The van der Waals surface area contributed by atoms with E-state index in [2.05, 4.69) is 0 Å². The van der Waals surface area contributed by atoms with Crippen LogP contribution in [0.1, 0.15) is 0 Å². The van der Waals surface area contributed by atoms with E-state index in [-0.39, 0.29) is 0 Å². The van der Waals surface area contributed by atoms with Gasteiger partial charge in [0, 0.05) is 0 Å². The molecule has 0 saturated carbocycles. The highest BCUT2D eigenvalue weighted by Gasteiger charge is 2.51. The van der Waals surface area contributed by atoms with Crippen molar-refractivity contribution in [3.8, 4) is 0 Å². The van der Waals surface area contributed by atoms with Crippen molar-refractivity contribution >= 4 is 0 Å². The first kappa shape index (κ1) is 18.9. The monoisotopic (exact) mass is 342 g/mol. The highest BCUT2D eigenvalue weighted by atomic mass is 16.7. The molecular formula is C12H22O11. The summed E-state index contributed by atoms with van der Waals surface area (Å²) in [7, 11) is 0. The first-order chi connectivity index (χ1) is 10.8. The smallest absolute Gasteiger partial charge is 0.187 e. The van der Waals surface area contributed by atoms with Gasteiger partial charge in [0.15, 0.2) is 12.6 Å². The molecule has 23 heavy (non-hydrogen) atoms. The van der Waals surface area contributed by atoms with E-state index in [1.165, 1.54) is 0 Å². The summed E-state index contributed by atoms with van der Waals surface area (Å²) in [6.45, 7) is -1.43. The van der Waals surface area contributed by atoms with Crippen LogP contribution in [0.4, 0.5) is 0 Å². The molecule has 0 radical (unpaired) electrons. The number of hydrogen-bond donors (Lipinski definition) is 8. The molecular weight excluding hydrogens is 320 g/mol. The molecule has 8 N–H and O–H groups in total. The average Bonchev–Trinajstić information content (AvgIpc) is 2.96. The van der Waals surface area contributed by atoms with Gasteiger partial charge in [0.05, 0.1) is 13.2 Å². The molecule has 2 heterocycles. The van der Waals surface area contributed by atoms with Gasteiger partial charge in [-0.3, -0.25) is 0 Å². The molecule has 0 aromatic rings. The lowest BCUT2D eigenvalue weighted by molar-refractivity contribution is -0.239. The summed E-state index contributed by atoms with van der Waals surface area (Å²) in [6.07, 6.45) is -14.8. The summed E-state index contributed by atoms with van der Waals surface area (Å²) in [6, 6.07) is 0. The summed E-state index contributed by atoms with van der Waals surface area (Å²) in [5, 5.41) is 75.8. The third-order valence-electron chi connectivity index (χ3n) is 3.95. The molecule has 2 aliphatic rings. The topological polar surface area (TPSA) is 190 Å². The predicted molar refractivity (Wildman–Crippen MR) is 68.6 cm³/mol. The lowest BCUT2D eigenvalue weighted by atomic mass is 10.1. The summed E-state index contributed by atoms with van der Waals surface area (Å²) >= 11 is 0. The van der Waals surface area contributed by atoms with E-state index >= 15 is 0 Å². The molecule has 2 aliphatic heterocycles. The molecule has 2 rings (SSSR count). The lowest BCUT2D eigenvalue weighted by Crippen LogP contribution is -2.46. The largest absolute Gasteiger partial charge is 0.394 e. The van der Waals surface area contributed by atoms with E-state index in [0.717, 1.165) is 0 Å². The maximum absolute atomic E-state index is 9.85. The molecule has 0 bridgehead atoms. The van der Waals surface area contributed by atoms with Crippen molar-refractivity contribution in [3.05, 3.63) is 0 Å². The molecule has 136 valence electrons. The van der Waals surface area contributed by atoms with Crippen LogP contribution in [-0.2, 0) is 14.2 Å². The number of ether oxygens (including phenoxy) is 3. The lowest BCUT2D eigenvalue weighted by Gasteiger charge is -2.27. The van der Waals surface area contributed by atoms with Crippen LogP contribution >= 0.6 is 0 Å². The van der Waals surface area contributed by atoms with Gasteiger partial charge in [0.1, 0.15) is 48.8 Å². The fraction of sp³-hybridized carbons (Fsp3) is 1.00. The maximum Gasteiger partial charge on any atom is 0.187 e. The Morgan fingerprint density at radius 2 is 1.39 bits per heavy atom. The Labute approximate surface area is 130 Å². The molecule has 2 saturated heterocycles. The minimum atomic E-state index is -1.67. The predicted octanol–water partition coefficient (Wildman–Crippen LogP) is -5.40. The third kappa shape index (κ3) is 3.65. The van der Waals surface area contributed by atoms with Crippen LogP contribution in [0, 0.1) is 0 Å². The second kappa shape index (κ2) is 7.63. The van der Waals surface area contributed by atoms with E-state index < -0.39 is 74.6 Å². The highest BCUT2D eigenvalue weighted by molar-refractivity contribution is 4.94. The zero-order valence-corrected chi connectivity index (χ0v) is 12.0. The molecule has 0 amide bonds. The third-order valence-corrected chi connectivity index (χ3v) is 3.95. The van der Waals surface area contributed by atoms with Crippen LogP contribution < -0.4 is 0 Å². The minimum absolute atomic E-state index is 0.711. The fourth-order valence-corrected chi connectivity index (χ4v) is 2.60. The van der Waals surface area contributed by atoms with Gasteiger partial charge < -0.3 is 55.1 Å². The first-order valence-corrected chi connectivity index (χ1v) is 7.08. The Kier molecular flexibility index (Phi) is 6.27. The molecule has 0 aromatic heterocycles. The Morgan fingerprint density at radius 1 is 0.783 bits per heavy atom. The zero-order chi connectivity index (χ0) is 17.3. The Morgan fingerprint density at radius 3 is 1.87 bits per heavy atom. The second-order valence-corrected chi connectivity index (χ2v) is 5.53. The van der Waals surface area contributed by atoms with E-state index in [0.29, 0.717) is 0 Å². The Bertz CT molecular complexity index is 382. The molecule has 10 atom stereocenters. The van der Waals surface area contributed by atoms with Crippen LogP contribution in [0.25, 0.3) is 0 Å². The molecule has 11 heteroatoms. The van der Waals surface area contributed by atoms with E-state index in [1.54, 1.807) is 0 Å². The van der Waals surface area contributed by atoms with Gasteiger partial charge in [-0.05, 0) is 0 Å². The molecule has 0 aliphatic carbocycles. The first-order valence-electron chi connectivity index (χ1n) is 7.08. The molecule has 0 aromatic carbocycles. The summed E-state index contributed by atoms with van der Waals surface area (Å²) in [4.78, 5) is 0. The zero-order valence-electron chi connectivity index (χ0n) is 12.0. The quantitative estimate of drug-likeness (QED) is 0.230. The fourth-order valence-electron chi connectivity index (χ4n) is 2.60. The van der Waals surface area contributed by atoms with Crippen LogP contribution in [0.3, 0.4) is 0 Å². The summed E-state index contributed by atoms with van der Waals surface area (Å²) < 4.78 is 15.2. The van der Waals surface area contributed by atoms with E-state index in [1.807, 2.05) is 0 Å². The highest BCUT2D eigenvalue weighted by Crippen LogP contribution is 2.29. The maximum atomic E-state index is 9.85. The van der Waals surface area contributed by atoms with Crippen molar-refractivity contribution < 1.29 is 55.1 Å². The van der Waals surface area contributed by atoms with Crippen LogP contribution in [0.2, 0.25) is 0 Å².